The minimum Gasteiger partial charge on any atom is -0.391 e. The van der Waals surface area contributed by atoms with Crippen molar-refractivity contribution in [1.29, 1.82) is 0 Å². The van der Waals surface area contributed by atoms with Gasteiger partial charge < -0.3 is 26.4 Å². The molecule has 2 saturated heterocycles. The molecule has 2 rings (SSSR count). The lowest BCUT2D eigenvalue weighted by atomic mass is 10.1. The Bertz CT molecular complexity index is 468. The Labute approximate surface area is 129 Å². The number of carbonyl (C=O) groups is 3. The molecule has 8 heteroatoms. The Morgan fingerprint density at radius 2 is 1.64 bits per heavy atom. The Kier molecular flexibility index (Phi) is 5.02. The van der Waals surface area contributed by atoms with Crippen molar-refractivity contribution >= 4 is 17.7 Å². The third kappa shape index (κ3) is 3.07. The summed E-state index contributed by atoms with van der Waals surface area (Å²) in [6.45, 7) is 2.36. The van der Waals surface area contributed by atoms with E-state index in [0.717, 1.165) is 6.42 Å². The van der Waals surface area contributed by atoms with E-state index in [4.69, 9.17) is 11.5 Å². The first-order valence-corrected chi connectivity index (χ1v) is 7.68. The number of primary amides is 1. The zero-order chi connectivity index (χ0) is 16.4. The fourth-order valence-electron chi connectivity index (χ4n) is 3.20. The van der Waals surface area contributed by atoms with Crippen molar-refractivity contribution in [3.05, 3.63) is 0 Å². The molecule has 0 spiro atoms. The van der Waals surface area contributed by atoms with Gasteiger partial charge in [0.2, 0.25) is 17.7 Å². The molecule has 0 aromatic rings. The first-order chi connectivity index (χ1) is 10.3. The number of carbonyl (C=O) groups excluding carboxylic acids is 3. The maximum Gasteiger partial charge on any atom is 0.246 e. The van der Waals surface area contributed by atoms with Crippen molar-refractivity contribution in [2.75, 3.05) is 13.1 Å². The molecule has 2 heterocycles. The van der Waals surface area contributed by atoms with E-state index >= 15 is 0 Å². The minimum atomic E-state index is -1.04. The van der Waals surface area contributed by atoms with Crippen molar-refractivity contribution < 1.29 is 19.5 Å². The van der Waals surface area contributed by atoms with Crippen LogP contribution in [0.3, 0.4) is 0 Å². The van der Waals surface area contributed by atoms with Crippen LogP contribution in [-0.4, -0.2) is 69.9 Å². The van der Waals surface area contributed by atoms with E-state index < -0.39 is 36.0 Å². The summed E-state index contributed by atoms with van der Waals surface area (Å²) >= 11 is 0. The number of nitrogens with two attached hydrogens (primary N) is 2. The predicted octanol–water partition coefficient (Wildman–Crippen LogP) is -1.84. The topological polar surface area (TPSA) is 130 Å². The molecule has 0 aromatic carbocycles. The quantitative estimate of drug-likeness (QED) is 0.562. The van der Waals surface area contributed by atoms with E-state index in [9.17, 15) is 19.5 Å². The molecular weight excluding hydrogens is 288 g/mol. The molecule has 5 N–H and O–H groups in total. The number of aliphatic hydroxyl groups is 1. The van der Waals surface area contributed by atoms with Crippen LogP contribution in [0.4, 0.5) is 0 Å². The molecule has 0 radical (unpaired) electrons. The summed E-state index contributed by atoms with van der Waals surface area (Å²) in [4.78, 5) is 39.3. The van der Waals surface area contributed by atoms with E-state index in [1.165, 1.54) is 16.7 Å². The SMILES string of the molecule is C[C@@H](O)[C@H](N)C(=O)N1CCC[C@H]1C(=O)N1CCC[C@H]1C(N)=O. The van der Waals surface area contributed by atoms with Crippen molar-refractivity contribution in [2.24, 2.45) is 11.5 Å². The van der Waals surface area contributed by atoms with Crippen LogP contribution in [0.15, 0.2) is 0 Å². The summed E-state index contributed by atoms with van der Waals surface area (Å²) in [5, 5.41) is 9.47. The van der Waals surface area contributed by atoms with Crippen LogP contribution in [0, 0.1) is 0 Å². The molecular formula is C14H24N4O4. The first-order valence-electron chi connectivity index (χ1n) is 7.68. The third-order valence-corrected chi connectivity index (χ3v) is 4.49. The van der Waals surface area contributed by atoms with Crippen LogP contribution in [0.25, 0.3) is 0 Å². The zero-order valence-corrected chi connectivity index (χ0v) is 12.8. The second kappa shape index (κ2) is 6.62. The molecule has 4 atom stereocenters. The lowest BCUT2D eigenvalue weighted by Gasteiger charge is -2.32. The average Bonchev–Trinajstić information content (AvgIpc) is 3.13. The maximum absolute atomic E-state index is 12.7. The fraction of sp³-hybridized carbons (Fsp3) is 0.786. The molecule has 0 unspecified atom stereocenters. The van der Waals surface area contributed by atoms with Crippen LogP contribution >= 0.6 is 0 Å². The van der Waals surface area contributed by atoms with Crippen molar-refractivity contribution in [1.82, 2.24) is 9.80 Å². The van der Waals surface area contributed by atoms with Crippen molar-refractivity contribution in [2.45, 2.75) is 56.8 Å². The summed E-state index contributed by atoms with van der Waals surface area (Å²) in [6, 6.07) is -2.24. The van der Waals surface area contributed by atoms with Crippen molar-refractivity contribution in [3.63, 3.8) is 0 Å². The molecule has 2 aliphatic heterocycles. The number of aliphatic hydroxyl groups excluding tert-OH is 1. The highest BCUT2D eigenvalue weighted by molar-refractivity contribution is 5.93. The second-order valence-corrected chi connectivity index (χ2v) is 6.05. The fourth-order valence-corrected chi connectivity index (χ4v) is 3.20. The van der Waals surface area contributed by atoms with Gasteiger partial charge in [-0.1, -0.05) is 0 Å². The Morgan fingerprint density at radius 3 is 2.18 bits per heavy atom. The van der Waals surface area contributed by atoms with E-state index in [1.54, 1.807) is 0 Å². The standard InChI is InChI=1S/C14H24N4O4/c1-8(19)11(15)14(22)18-7-3-5-10(18)13(21)17-6-2-4-9(17)12(16)20/h8-11,19H,2-7,15H2,1H3,(H2,16,20)/t8-,9+,10+,11+/m1/s1. The summed E-state index contributed by atoms with van der Waals surface area (Å²) in [7, 11) is 0. The molecule has 0 saturated carbocycles. The molecule has 8 nitrogen and oxygen atoms in total. The predicted molar refractivity (Wildman–Crippen MR) is 78.3 cm³/mol. The molecule has 0 bridgehead atoms. The monoisotopic (exact) mass is 312 g/mol. The van der Waals surface area contributed by atoms with E-state index in [1.807, 2.05) is 0 Å². The van der Waals surface area contributed by atoms with Gasteiger partial charge in [-0.2, -0.15) is 0 Å². The van der Waals surface area contributed by atoms with Crippen LogP contribution in [-0.2, 0) is 14.4 Å². The van der Waals surface area contributed by atoms with E-state index in [2.05, 4.69) is 0 Å². The molecule has 0 aliphatic carbocycles. The molecule has 2 fully saturated rings. The largest absolute Gasteiger partial charge is 0.391 e. The highest BCUT2D eigenvalue weighted by atomic mass is 16.3. The van der Waals surface area contributed by atoms with Gasteiger partial charge in [0.25, 0.3) is 0 Å². The van der Waals surface area contributed by atoms with Gasteiger partial charge in [0.1, 0.15) is 18.1 Å². The number of rotatable bonds is 4. The molecule has 3 amide bonds. The van der Waals surface area contributed by atoms with Gasteiger partial charge >= 0.3 is 0 Å². The summed E-state index contributed by atoms with van der Waals surface area (Å²) in [6.07, 6.45) is 1.55. The number of nitrogens with zero attached hydrogens (tertiary/aromatic N) is 2. The number of hydrogen-bond donors (Lipinski definition) is 3. The Morgan fingerprint density at radius 1 is 1.09 bits per heavy atom. The zero-order valence-electron chi connectivity index (χ0n) is 12.8. The summed E-state index contributed by atoms with van der Waals surface area (Å²) < 4.78 is 0. The highest BCUT2D eigenvalue weighted by Crippen LogP contribution is 2.25. The number of likely N-dealkylation sites (tertiary alicyclic amines) is 2. The second-order valence-electron chi connectivity index (χ2n) is 6.05. The molecule has 124 valence electrons. The lowest BCUT2D eigenvalue weighted by molar-refractivity contribution is -0.147. The maximum atomic E-state index is 12.7. The minimum absolute atomic E-state index is 0.245. The van der Waals surface area contributed by atoms with E-state index in [-0.39, 0.29) is 5.91 Å². The molecule has 0 aromatic heterocycles. The Hall–Kier alpha value is -1.67. The average molecular weight is 312 g/mol. The smallest absolute Gasteiger partial charge is 0.246 e. The van der Waals surface area contributed by atoms with Crippen molar-refractivity contribution in [3.8, 4) is 0 Å². The van der Waals surface area contributed by atoms with Crippen LogP contribution < -0.4 is 11.5 Å². The van der Waals surface area contributed by atoms with Gasteiger partial charge in [0.15, 0.2) is 0 Å². The highest BCUT2D eigenvalue weighted by Gasteiger charge is 2.42. The van der Waals surface area contributed by atoms with Crippen LogP contribution in [0.5, 0.6) is 0 Å². The summed E-state index contributed by atoms with van der Waals surface area (Å²) in [5.74, 6) is -1.19. The summed E-state index contributed by atoms with van der Waals surface area (Å²) in [5.41, 5.74) is 11.0. The van der Waals surface area contributed by atoms with E-state index in [0.29, 0.717) is 32.4 Å². The van der Waals surface area contributed by atoms with Gasteiger partial charge in [-0.3, -0.25) is 14.4 Å². The normalized spacial score (nSPS) is 27.8. The third-order valence-electron chi connectivity index (χ3n) is 4.49. The van der Waals surface area contributed by atoms with Gasteiger partial charge in [-0.25, -0.2) is 0 Å². The van der Waals surface area contributed by atoms with Crippen LogP contribution in [0.1, 0.15) is 32.6 Å². The van der Waals surface area contributed by atoms with Gasteiger partial charge in [0, 0.05) is 13.1 Å². The van der Waals surface area contributed by atoms with Gasteiger partial charge in [0.05, 0.1) is 6.10 Å². The van der Waals surface area contributed by atoms with Gasteiger partial charge in [-0.05, 0) is 32.6 Å². The van der Waals surface area contributed by atoms with Crippen LogP contribution in [0.2, 0.25) is 0 Å². The lowest BCUT2D eigenvalue weighted by Crippen LogP contribution is -2.56. The van der Waals surface area contributed by atoms with Gasteiger partial charge in [-0.15, -0.1) is 0 Å². The molecule has 2 aliphatic rings. The number of amides is 3. The molecule has 22 heavy (non-hydrogen) atoms. The number of hydrogen-bond acceptors (Lipinski definition) is 5. The Balaban J connectivity index is 2.11. The first kappa shape index (κ1) is 16.7.